The largest absolute Gasteiger partial charge is 0.491 e. The third kappa shape index (κ3) is 6.14. The molecule has 4 rings (SSSR count). The summed E-state index contributed by atoms with van der Waals surface area (Å²) in [6.07, 6.45) is 3.70. The zero-order valence-electron chi connectivity index (χ0n) is 19.1. The van der Waals surface area contributed by atoms with Gasteiger partial charge in [0.25, 0.3) is 5.91 Å². The number of aliphatic carboxylic acids is 1. The second-order valence-corrected chi connectivity index (χ2v) is 8.48. The first kappa shape index (κ1) is 23.7. The number of carboxylic acid groups (broad SMARTS) is 1. The fourth-order valence-corrected chi connectivity index (χ4v) is 4.31. The van der Waals surface area contributed by atoms with Crippen molar-refractivity contribution in [1.82, 2.24) is 9.88 Å². The van der Waals surface area contributed by atoms with Crippen LogP contribution in [0.4, 0.5) is 5.69 Å². The number of carbonyl (C=O) groups excluding carboxylic acids is 1. The smallest absolute Gasteiger partial charge is 0.303 e. The van der Waals surface area contributed by atoms with E-state index in [2.05, 4.69) is 9.98 Å². The average molecular weight is 474 g/mol. The van der Waals surface area contributed by atoms with Crippen LogP contribution in [-0.2, 0) is 4.79 Å². The number of pyridine rings is 1. The molecule has 0 bridgehead atoms. The van der Waals surface area contributed by atoms with E-state index in [1.165, 1.54) is 6.20 Å². The molecular weight excluding hydrogens is 446 g/mol. The van der Waals surface area contributed by atoms with Gasteiger partial charge in [-0.25, -0.2) is 4.99 Å². The number of carbonyl (C=O) groups is 2. The maximum Gasteiger partial charge on any atom is 0.303 e. The molecule has 0 unspecified atom stereocenters. The number of rotatable bonds is 8. The van der Waals surface area contributed by atoms with Crippen LogP contribution in [0.3, 0.4) is 0 Å². The molecule has 0 saturated carbocycles. The molecule has 1 aromatic heterocycles. The van der Waals surface area contributed by atoms with Crippen molar-refractivity contribution in [2.75, 3.05) is 13.2 Å². The maximum absolute atomic E-state index is 13.1. The Kier molecular flexibility index (Phi) is 7.25. The topological polar surface area (TPSA) is 144 Å². The number of hydrogen-bond acceptors (Lipinski definition) is 5. The lowest BCUT2D eigenvalue weighted by Crippen LogP contribution is -2.39. The third-order valence-corrected chi connectivity index (χ3v) is 5.87. The Hall–Kier alpha value is -4.40. The summed E-state index contributed by atoms with van der Waals surface area (Å²) >= 11 is 0. The summed E-state index contributed by atoms with van der Waals surface area (Å²) in [7, 11) is 0. The van der Waals surface area contributed by atoms with Gasteiger partial charge < -0.3 is 26.2 Å². The van der Waals surface area contributed by atoms with Gasteiger partial charge in [-0.1, -0.05) is 24.3 Å². The number of amides is 1. The predicted molar refractivity (Wildman–Crippen MR) is 132 cm³/mol. The van der Waals surface area contributed by atoms with E-state index in [0.717, 1.165) is 11.1 Å². The summed E-state index contributed by atoms with van der Waals surface area (Å²) in [6.45, 7) is 0.639. The zero-order valence-corrected chi connectivity index (χ0v) is 19.1. The number of hydrogen-bond donors (Lipinski definition) is 3. The van der Waals surface area contributed by atoms with Gasteiger partial charge >= 0.3 is 5.97 Å². The molecule has 1 aliphatic heterocycles. The Morgan fingerprint density at radius 2 is 1.89 bits per heavy atom. The number of nitrogens with zero attached hydrogens (tertiary/aromatic N) is 3. The first-order valence-corrected chi connectivity index (χ1v) is 11.2. The van der Waals surface area contributed by atoms with Gasteiger partial charge in [0.1, 0.15) is 12.4 Å². The summed E-state index contributed by atoms with van der Waals surface area (Å²) in [5, 5.41) is 9.23. The molecule has 3 aromatic rings. The van der Waals surface area contributed by atoms with Gasteiger partial charge in [0, 0.05) is 25.4 Å². The number of carboxylic acids is 1. The second-order valence-electron chi connectivity index (χ2n) is 8.48. The van der Waals surface area contributed by atoms with E-state index < -0.39 is 5.97 Å². The van der Waals surface area contributed by atoms with Gasteiger partial charge in [-0.3, -0.25) is 14.6 Å². The van der Waals surface area contributed by atoms with E-state index in [1.54, 1.807) is 23.2 Å². The van der Waals surface area contributed by atoms with Crippen LogP contribution >= 0.6 is 0 Å². The molecule has 5 N–H and O–H groups in total. The van der Waals surface area contributed by atoms with E-state index in [9.17, 15) is 14.7 Å². The Balaban J connectivity index is 1.44. The van der Waals surface area contributed by atoms with Crippen LogP contribution in [-0.4, -0.2) is 52.0 Å². The predicted octanol–water partition coefficient (Wildman–Crippen LogP) is 3.04. The van der Waals surface area contributed by atoms with E-state index in [-0.39, 0.29) is 36.9 Å². The van der Waals surface area contributed by atoms with Crippen LogP contribution < -0.4 is 16.2 Å². The minimum atomic E-state index is -0.871. The van der Waals surface area contributed by atoms with Gasteiger partial charge in [0.2, 0.25) is 0 Å². The normalized spacial score (nSPS) is 17.1. The lowest BCUT2D eigenvalue weighted by Gasteiger charge is -2.25. The Morgan fingerprint density at radius 1 is 1.09 bits per heavy atom. The fraction of sp³-hybridized carbons (Fsp3) is 0.231. The molecular formula is C26H27N5O4. The highest BCUT2D eigenvalue weighted by molar-refractivity contribution is 5.94. The van der Waals surface area contributed by atoms with Crippen molar-refractivity contribution in [1.29, 1.82) is 0 Å². The summed E-state index contributed by atoms with van der Waals surface area (Å²) in [6, 6.07) is 18.3. The number of benzene rings is 2. The number of aromatic nitrogens is 1. The average Bonchev–Trinajstić information content (AvgIpc) is 3.24. The minimum Gasteiger partial charge on any atom is -0.491 e. The Morgan fingerprint density at radius 3 is 2.57 bits per heavy atom. The Bertz CT molecular complexity index is 1210. The third-order valence-electron chi connectivity index (χ3n) is 5.87. The number of nitrogens with two attached hydrogens (primary N) is 2. The van der Waals surface area contributed by atoms with Crippen molar-refractivity contribution >= 4 is 23.5 Å². The fourth-order valence-electron chi connectivity index (χ4n) is 4.31. The molecule has 0 aliphatic carbocycles. The summed E-state index contributed by atoms with van der Waals surface area (Å²) < 4.78 is 6.01. The van der Waals surface area contributed by atoms with Crippen LogP contribution in [0.5, 0.6) is 5.75 Å². The van der Waals surface area contributed by atoms with Crippen molar-refractivity contribution in [3.63, 3.8) is 0 Å². The van der Waals surface area contributed by atoms with Crippen molar-refractivity contribution in [2.45, 2.75) is 18.9 Å². The molecule has 35 heavy (non-hydrogen) atoms. The molecule has 9 heteroatoms. The highest BCUT2D eigenvalue weighted by Crippen LogP contribution is 2.29. The van der Waals surface area contributed by atoms with Crippen LogP contribution in [0.15, 0.2) is 78.0 Å². The molecule has 2 atom stereocenters. The van der Waals surface area contributed by atoms with Crippen molar-refractivity contribution in [3.8, 4) is 16.9 Å². The lowest BCUT2D eigenvalue weighted by molar-refractivity contribution is -0.138. The summed E-state index contributed by atoms with van der Waals surface area (Å²) in [5.41, 5.74) is 14.0. The molecule has 1 fully saturated rings. The van der Waals surface area contributed by atoms with Crippen molar-refractivity contribution in [2.24, 2.45) is 22.4 Å². The van der Waals surface area contributed by atoms with Gasteiger partial charge in [-0.2, -0.15) is 0 Å². The quantitative estimate of drug-likeness (QED) is 0.337. The molecule has 2 heterocycles. The molecule has 9 nitrogen and oxygen atoms in total. The molecule has 1 aliphatic rings. The van der Waals surface area contributed by atoms with Crippen molar-refractivity contribution < 1.29 is 19.4 Å². The van der Waals surface area contributed by atoms with E-state index in [4.69, 9.17) is 16.2 Å². The van der Waals surface area contributed by atoms with E-state index in [1.807, 2.05) is 48.5 Å². The summed E-state index contributed by atoms with van der Waals surface area (Å²) in [5.74, 6) is -0.508. The monoisotopic (exact) mass is 473 g/mol. The first-order valence-electron chi connectivity index (χ1n) is 11.2. The lowest BCUT2D eigenvalue weighted by atomic mass is 10.0. The van der Waals surface area contributed by atoms with Gasteiger partial charge in [0.05, 0.1) is 17.3 Å². The highest BCUT2D eigenvalue weighted by Gasteiger charge is 2.37. The van der Waals surface area contributed by atoms with Crippen LogP contribution in [0.25, 0.3) is 11.1 Å². The molecule has 180 valence electrons. The number of likely N-dealkylation sites (tertiary alicyclic amines) is 1. The SMILES string of the molecule is NC(N)=Nc1cccc(-c2ccc(OC[C@@H]3C[C@@H](CC(=O)O)CN3C(=O)c3cccnc3)cc2)c1. The molecule has 2 aromatic carbocycles. The standard InChI is InChI=1S/C26H27N5O4/c27-26(28)30-21-5-1-3-19(13-21)18-6-8-23(9-7-18)35-16-22-11-17(12-24(32)33)15-31(22)25(34)20-4-2-10-29-14-20/h1-10,13-14,17,22H,11-12,15-16H2,(H,32,33)(H4,27,28,30)/t17-,22-/m0/s1. The van der Waals surface area contributed by atoms with Crippen LogP contribution in [0.2, 0.25) is 0 Å². The molecule has 0 radical (unpaired) electrons. The highest BCUT2D eigenvalue weighted by atomic mass is 16.5. The van der Waals surface area contributed by atoms with Crippen LogP contribution in [0.1, 0.15) is 23.2 Å². The van der Waals surface area contributed by atoms with Gasteiger partial charge in [0.15, 0.2) is 5.96 Å². The number of ether oxygens (including phenoxy) is 1. The Labute approximate surface area is 203 Å². The summed E-state index contributed by atoms with van der Waals surface area (Å²) in [4.78, 5) is 34.1. The molecule has 0 spiro atoms. The second kappa shape index (κ2) is 10.7. The van der Waals surface area contributed by atoms with Gasteiger partial charge in [-0.15, -0.1) is 0 Å². The first-order chi connectivity index (χ1) is 16.9. The van der Waals surface area contributed by atoms with E-state index >= 15 is 0 Å². The maximum atomic E-state index is 13.1. The van der Waals surface area contributed by atoms with Crippen molar-refractivity contribution in [3.05, 3.63) is 78.6 Å². The minimum absolute atomic E-state index is 0.000503. The van der Waals surface area contributed by atoms with Gasteiger partial charge in [-0.05, 0) is 59.9 Å². The number of aliphatic imine (C=N–C) groups is 1. The van der Waals surface area contributed by atoms with E-state index in [0.29, 0.717) is 30.0 Å². The number of guanidine groups is 1. The molecule has 1 amide bonds. The molecule has 1 saturated heterocycles. The zero-order chi connectivity index (χ0) is 24.8. The van der Waals surface area contributed by atoms with Crippen LogP contribution in [0, 0.1) is 5.92 Å².